The Morgan fingerprint density at radius 2 is 2.12 bits per heavy atom. The zero-order chi connectivity index (χ0) is 12.9. The Hall–Kier alpha value is -1.11. The molecule has 0 aliphatic rings. The fourth-order valence-electron chi connectivity index (χ4n) is 1.37. The quantitative estimate of drug-likeness (QED) is 0.840. The zero-order valence-electron chi connectivity index (χ0n) is 9.63. The summed E-state index contributed by atoms with van der Waals surface area (Å²) >= 11 is 0. The number of halogens is 3. The van der Waals surface area contributed by atoms with Gasteiger partial charge in [-0.2, -0.15) is 18.2 Å². The van der Waals surface area contributed by atoms with Gasteiger partial charge >= 0.3 is 6.18 Å². The maximum atomic E-state index is 12.0. The third-order valence-electron chi connectivity index (χ3n) is 2.52. The number of hydrogen-bond donors (Lipinski definition) is 1. The molecule has 1 atom stereocenters. The van der Waals surface area contributed by atoms with Crippen molar-refractivity contribution < 1.29 is 17.7 Å². The Kier molecular flexibility index (Phi) is 4.92. The van der Waals surface area contributed by atoms with Gasteiger partial charge in [0.25, 0.3) is 0 Å². The molecule has 0 fully saturated rings. The maximum Gasteiger partial charge on any atom is 0.389 e. The third-order valence-corrected chi connectivity index (χ3v) is 2.52. The Labute approximate surface area is 97.4 Å². The molecule has 0 saturated heterocycles. The molecule has 4 nitrogen and oxygen atoms in total. The molecule has 1 aromatic rings. The van der Waals surface area contributed by atoms with Crippen molar-refractivity contribution in [2.75, 3.05) is 6.54 Å². The van der Waals surface area contributed by atoms with E-state index in [-0.39, 0.29) is 18.2 Å². The van der Waals surface area contributed by atoms with Crippen LogP contribution < -0.4 is 5.73 Å². The smallest absolute Gasteiger partial charge is 0.339 e. The molecule has 7 heteroatoms. The normalized spacial score (nSPS) is 13.9. The first-order valence-corrected chi connectivity index (χ1v) is 5.53. The number of nitrogens with zero attached hydrogens (tertiary/aromatic N) is 2. The lowest BCUT2D eigenvalue weighted by Crippen LogP contribution is -2.16. The molecule has 0 saturated carbocycles. The number of alkyl halides is 3. The molecule has 0 aliphatic heterocycles. The van der Waals surface area contributed by atoms with Crippen LogP contribution in [0.4, 0.5) is 13.2 Å². The van der Waals surface area contributed by atoms with Crippen LogP contribution in [-0.2, 0) is 12.8 Å². The van der Waals surface area contributed by atoms with Crippen LogP contribution in [0.3, 0.4) is 0 Å². The van der Waals surface area contributed by atoms with E-state index in [0.717, 1.165) is 6.42 Å². The fraction of sp³-hybridized carbons (Fsp3) is 0.800. The van der Waals surface area contributed by atoms with E-state index in [4.69, 9.17) is 10.3 Å². The van der Waals surface area contributed by atoms with Gasteiger partial charge in [0.15, 0.2) is 5.82 Å². The van der Waals surface area contributed by atoms with Gasteiger partial charge in [-0.1, -0.05) is 18.5 Å². The minimum absolute atomic E-state index is 0.101. The number of aryl methyl sites for hydroxylation is 1. The topological polar surface area (TPSA) is 64.9 Å². The van der Waals surface area contributed by atoms with Gasteiger partial charge in [0.1, 0.15) is 0 Å². The van der Waals surface area contributed by atoms with Crippen molar-refractivity contribution in [3.63, 3.8) is 0 Å². The van der Waals surface area contributed by atoms with E-state index >= 15 is 0 Å². The molecule has 2 N–H and O–H groups in total. The molecule has 1 aromatic heterocycles. The highest BCUT2D eigenvalue weighted by Gasteiger charge is 2.27. The van der Waals surface area contributed by atoms with E-state index in [1.165, 1.54) is 0 Å². The number of rotatable bonds is 6. The molecule has 0 aromatic carbocycles. The second kappa shape index (κ2) is 6.00. The summed E-state index contributed by atoms with van der Waals surface area (Å²) in [4.78, 5) is 3.92. The second-order valence-corrected chi connectivity index (χ2v) is 3.93. The zero-order valence-corrected chi connectivity index (χ0v) is 9.63. The van der Waals surface area contributed by atoms with Crippen molar-refractivity contribution in [3.05, 3.63) is 11.7 Å². The Morgan fingerprint density at radius 3 is 2.65 bits per heavy atom. The molecule has 1 unspecified atom stereocenters. The highest BCUT2D eigenvalue weighted by molar-refractivity contribution is 4.88. The first-order valence-electron chi connectivity index (χ1n) is 5.53. The summed E-state index contributed by atoms with van der Waals surface area (Å²) in [6, 6.07) is 0. The predicted molar refractivity (Wildman–Crippen MR) is 55.2 cm³/mol. The molecule has 0 amide bonds. The average Bonchev–Trinajstić information content (AvgIpc) is 2.70. The summed E-state index contributed by atoms with van der Waals surface area (Å²) < 4.78 is 40.8. The van der Waals surface area contributed by atoms with Crippen LogP contribution in [0.25, 0.3) is 0 Å². The SMILES string of the molecule is CCC(CN)Cc1nc(CCC(F)(F)F)no1. The van der Waals surface area contributed by atoms with Crippen molar-refractivity contribution in [2.45, 2.75) is 38.8 Å². The van der Waals surface area contributed by atoms with Crippen molar-refractivity contribution in [1.82, 2.24) is 10.1 Å². The summed E-state index contributed by atoms with van der Waals surface area (Å²) in [5, 5.41) is 3.51. The predicted octanol–water partition coefficient (Wildman–Crippen LogP) is 2.09. The summed E-state index contributed by atoms with van der Waals surface area (Å²) in [6.45, 7) is 2.48. The minimum Gasteiger partial charge on any atom is -0.339 e. The number of aromatic nitrogens is 2. The summed E-state index contributed by atoms with van der Waals surface area (Å²) in [7, 11) is 0. The molecule has 98 valence electrons. The average molecular weight is 251 g/mol. The van der Waals surface area contributed by atoms with E-state index in [1.807, 2.05) is 6.92 Å². The minimum atomic E-state index is -4.19. The highest BCUT2D eigenvalue weighted by atomic mass is 19.4. The molecule has 0 bridgehead atoms. The standard InChI is InChI=1S/C10H16F3N3O/c1-2-7(6-14)5-9-15-8(16-17-9)3-4-10(11,12)13/h7H,2-6,14H2,1H3. The van der Waals surface area contributed by atoms with Crippen molar-refractivity contribution >= 4 is 0 Å². The Morgan fingerprint density at radius 1 is 1.41 bits per heavy atom. The van der Waals surface area contributed by atoms with Gasteiger partial charge in [0.2, 0.25) is 5.89 Å². The lowest BCUT2D eigenvalue weighted by atomic mass is 10.0. The first-order chi connectivity index (χ1) is 7.94. The Balaban J connectivity index is 2.48. The van der Waals surface area contributed by atoms with Gasteiger partial charge in [-0.25, -0.2) is 0 Å². The van der Waals surface area contributed by atoms with Crippen LogP contribution in [0.1, 0.15) is 31.5 Å². The monoisotopic (exact) mass is 251 g/mol. The molecule has 1 rings (SSSR count). The third kappa shape index (κ3) is 5.16. The van der Waals surface area contributed by atoms with Crippen LogP contribution in [0.15, 0.2) is 4.52 Å². The van der Waals surface area contributed by atoms with Gasteiger partial charge in [-0.05, 0) is 12.5 Å². The van der Waals surface area contributed by atoms with Gasteiger partial charge in [-0.3, -0.25) is 0 Å². The van der Waals surface area contributed by atoms with Crippen LogP contribution >= 0.6 is 0 Å². The lowest BCUT2D eigenvalue weighted by Gasteiger charge is -2.07. The van der Waals surface area contributed by atoms with E-state index < -0.39 is 12.6 Å². The van der Waals surface area contributed by atoms with E-state index in [9.17, 15) is 13.2 Å². The van der Waals surface area contributed by atoms with E-state index in [2.05, 4.69) is 10.1 Å². The van der Waals surface area contributed by atoms with Gasteiger partial charge < -0.3 is 10.3 Å². The fourth-order valence-corrected chi connectivity index (χ4v) is 1.37. The van der Waals surface area contributed by atoms with Gasteiger partial charge in [0, 0.05) is 12.8 Å². The molecular weight excluding hydrogens is 235 g/mol. The maximum absolute atomic E-state index is 12.0. The summed E-state index contributed by atoms with van der Waals surface area (Å²) in [5.41, 5.74) is 5.52. The van der Waals surface area contributed by atoms with Crippen molar-refractivity contribution in [3.8, 4) is 0 Å². The van der Waals surface area contributed by atoms with Gasteiger partial charge in [-0.15, -0.1) is 0 Å². The first kappa shape index (κ1) is 14.0. The van der Waals surface area contributed by atoms with Crippen LogP contribution in [0, 0.1) is 5.92 Å². The second-order valence-electron chi connectivity index (χ2n) is 3.93. The van der Waals surface area contributed by atoms with Crippen LogP contribution in [0.5, 0.6) is 0 Å². The lowest BCUT2D eigenvalue weighted by molar-refractivity contribution is -0.134. The molecular formula is C10H16F3N3O. The molecule has 0 spiro atoms. The van der Waals surface area contributed by atoms with Crippen molar-refractivity contribution in [1.29, 1.82) is 0 Å². The molecule has 0 aliphatic carbocycles. The summed E-state index contributed by atoms with van der Waals surface area (Å²) in [5.74, 6) is 0.689. The molecule has 0 radical (unpaired) electrons. The molecule has 1 heterocycles. The van der Waals surface area contributed by atoms with Gasteiger partial charge in [0.05, 0.1) is 6.42 Å². The van der Waals surface area contributed by atoms with Crippen molar-refractivity contribution in [2.24, 2.45) is 11.7 Å². The van der Waals surface area contributed by atoms with E-state index in [0.29, 0.717) is 18.9 Å². The number of hydrogen-bond acceptors (Lipinski definition) is 4. The van der Waals surface area contributed by atoms with Crippen LogP contribution in [-0.4, -0.2) is 22.9 Å². The molecule has 17 heavy (non-hydrogen) atoms. The summed E-state index contributed by atoms with van der Waals surface area (Å²) in [6.07, 6.45) is -3.97. The van der Waals surface area contributed by atoms with E-state index in [1.54, 1.807) is 0 Å². The number of nitrogens with two attached hydrogens (primary N) is 1. The van der Waals surface area contributed by atoms with Crippen LogP contribution in [0.2, 0.25) is 0 Å². The Bertz CT molecular complexity index is 334. The largest absolute Gasteiger partial charge is 0.389 e. The highest BCUT2D eigenvalue weighted by Crippen LogP contribution is 2.21.